The summed E-state index contributed by atoms with van der Waals surface area (Å²) >= 11 is 0. The fourth-order valence-electron chi connectivity index (χ4n) is 2.85. The van der Waals surface area contributed by atoms with Crippen LogP contribution < -0.4 is 15.8 Å². The van der Waals surface area contributed by atoms with Crippen LogP contribution in [0.3, 0.4) is 0 Å². The Hall–Kier alpha value is -2.73. The number of halogens is 1. The van der Waals surface area contributed by atoms with E-state index < -0.39 is 0 Å². The number of methoxy groups -OCH3 is 1. The number of nitrogen functional groups attached to an aromatic ring is 1. The standard InChI is InChI=1S/C21H27N3O3.ClH/c1-4-11-24(12-5-2)21(26)16-8-6-7-15(13-16)20(25)23-17-9-10-19(27-3)18(22)14-17;/h6-10,13-14H,4-5,11-12,22H2,1-3H3,(H,23,25);1H. The quantitative estimate of drug-likeness (QED) is 0.644. The average molecular weight is 406 g/mol. The van der Waals surface area contributed by atoms with Gasteiger partial charge in [0.25, 0.3) is 11.8 Å². The lowest BCUT2D eigenvalue weighted by atomic mass is 10.1. The Morgan fingerprint density at radius 3 is 2.25 bits per heavy atom. The van der Waals surface area contributed by atoms with Crippen molar-refractivity contribution in [2.75, 3.05) is 31.2 Å². The van der Waals surface area contributed by atoms with Crippen LogP contribution in [0.5, 0.6) is 5.75 Å². The normalized spacial score (nSPS) is 9.96. The number of carbonyl (C=O) groups excluding carboxylic acids is 2. The van der Waals surface area contributed by atoms with Crippen molar-refractivity contribution in [2.24, 2.45) is 0 Å². The summed E-state index contributed by atoms with van der Waals surface area (Å²) in [6, 6.07) is 11.8. The second-order valence-electron chi connectivity index (χ2n) is 6.28. The molecule has 0 unspecified atom stereocenters. The predicted octanol–water partition coefficient (Wildman–Crippen LogP) is 4.21. The highest BCUT2D eigenvalue weighted by atomic mass is 35.5. The van der Waals surface area contributed by atoms with Gasteiger partial charge in [0.05, 0.1) is 12.8 Å². The lowest BCUT2D eigenvalue weighted by Gasteiger charge is -2.21. The molecular formula is C21H28ClN3O3. The largest absolute Gasteiger partial charge is 0.495 e. The Kier molecular flexibility index (Phi) is 9.32. The third-order valence-electron chi connectivity index (χ3n) is 4.13. The zero-order valence-corrected chi connectivity index (χ0v) is 17.3. The summed E-state index contributed by atoms with van der Waals surface area (Å²) in [5, 5.41) is 2.80. The third kappa shape index (κ3) is 5.89. The smallest absolute Gasteiger partial charge is 0.255 e. The van der Waals surface area contributed by atoms with Gasteiger partial charge in [0.1, 0.15) is 5.75 Å². The number of benzene rings is 2. The van der Waals surface area contributed by atoms with E-state index in [0.29, 0.717) is 41.3 Å². The molecule has 2 amide bonds. The fourth-order valence-corrected chi connectivity index (χ4v) is 2.85. The molecule has 0 aromatic heterocycles. The second-order valence-corrected chi connectivity index (χ2v) is 6.28. The molecule has 0 fully saturated rings. The highest BCUT2D eigenvalue weighted by Gasteiger charge is 2.16. The topological polar surface area (TPSA) is 84.7 Å². The summed E-state index contributed by atoms with van der Waals surface area (Å²) in [4.78, 5) is 27.1. The van der Waals surface area contributed by atoms with Crippen LogP contribution in [-0.4, -0.2) is 36.9 Å². The SMILES string of the molecule is CCCN(CCC)C(=O)c1cccc(C(=O)Nc2ccc(OC)c(N)c2)c1.Cl. The summed E-state index contributed by atoms with van der Waals surface area (Å²) in [7, 11) is 1.53. The molecule has 0 heterocycles. The molecule has 0 radical (unpaired) electrons. The van der Waals surface area contributed by atoms with E-state index in [9.17, 15) is 9.59 Å². The number of amides is 2. The number of ether oxygens (including phenoxy) is 1. The van der Waals surface area contributed by atoms with E-state index in [1.807, 2.05) is 18.7 Å². The summed E-state index contributed by atoms with van der Waals surface area (Å²) in [6.07, 6.45) is 1.79. The molecule has 0 atom stereocenters. The van der Waals surface area contributed by atoms with Crippen LogP contribution >= 0.6 is 12.4 Å². The van der Waals surface area contributed by atoms with Crippen molar-refractivity contribution in [1.29, 1.82) is 0 Å². The summed E-state index contributed by atoms with van der Waals surface area (Å²) < 4.78 is 5.11. The molecule has 0 saturated heterocycles. The molecule has 0 aliphatic carbocycles. The maximum atomic E-state index is 12.7. The van der Waals surface area contributed by atoms with Crippen LogP contribution in [0.4, 0.5) is 11.4 Å². The molecule has 2 aromatic rings. The van der Waals surface area contributed by atoms with E-state index in [1.54, 1.807) is 42.5 Å². The first-order chi connectivity index (χ1) is 13.0. The van der Waals surface area contributed by atoms with Crippen molar-refractivity contribution < 1.29 is 14.3 Å². The minimum atomic E-state index is -0.299. The zero-order valence-electron chi connectivity index (χ0n) is 16.5. The molecule has 2 rings (SSSR count). The summed E-state index contributed by atoms with van der Waals surface area (Å²) in [5.74, 6) is 0.196. The van der Waals surface area contributed by atoms with Gasteiger partial charge in [-0.05, 0) is 49.2 Å². The molecule has 3 N–H and O–H groups in total. The molecule has 2 aromatic carbocycles. The van der Waals surface area contributed by atoms with Gasteiger partial charge in [-0.15, -0.1) is 12.4 Å². The van der Waals surface area contributed by atoms with Gasteiger partial charge in [-0.25, -0.2) is 0 Å². The average Bonchev–Trinajstić information content (AvgIpc) is 2.67. The van der Waals surface area contributed by atoms with Crippen LogP contribution in [-0.2, 0) is 0 Å². The highest BCUT2D eigenvalue weighted by Crippen LogP contribution is 2.25. The number of carbonyl (C=O) groups is 2. The third-order valence-corrected chi connectivity index (χ3v) is 4.13. The van der Waals surface area contributed by atoms with Gasteiger partial charge in [-0.1, -0.05) is 19.9 Å². The van der Waals surface area contributed by atoms with Gasteiger partial charge in [0, 0.05) is 29.9 Å². The lowest BCUT2D eigenvalue weighted by Crippen LogP contribution is -2.32. The maximum absolute atomic E-state index is 12.7. The fraction of sp³-hybridized carbons (Fsp3) is 0.333. The van der Waals surface area contributed by atoms with Crippen LogP contribution in [0.25, 0.3) is 0 Å². The van der Waals surface area contributed by atoms with E-state index >= 15 is 0 Å². The Morgan fingerprint density at radius 1 is 1.04 bits per heavy atom. The monoisotopic (exact) mass is 405 g/mol. The van der Waals surface area contributed by atoms with Crippen molar-refractivity contribution in [3.8, 4) is 5.75 Å². The van der Waals surface area contributed by atoms with Gasteiger partial charge in [-0.2, -0.15) is 0 Å². The number of hydrogen-bond donors (Lipinski definition) is 2. The van der Waals surface area contributed by atoms with Crippen molar-refractivity contribution in [1.82, 2.24) is 4.90 Å². The number of nitrogens with zero attached hydrogens (tertiary/aromatic N) is 1. The van der Waals surface area contributed by atoms with Crippen molar-refractivity contribution in [3.63, 3.8) is 0 Å². The molecule has 152 valence electrons. The van der Waals surface area contributed by atoms with Gasteiger partial charge < -0.3 is 20.7 Å². The molecule has 7 heteroatoms. The van der Waals surface area contributed by atoms with Gasteiger partial charge >= 0.3 is 0 Å². The molecule has 0 bridgehead atoms. The predicted molar refractivity (Wildman–Crippen MR) is 116 cm³/mol. The van der Waals surface area contributed by atoms with E-state index in [-0.39, 0.29) is 24.2 Å². The molecule has 6 nitrogen and oxygen atoms in total. The van der Waals surface area contributed by atoms with E-state index in [2.05, 4.69) is 5.32 Å². The molecule has 0 aliphatic rings. The first kappa shape index (κ1) is 23.3. The van der Waals surface area contributed by atoms with Crippen LogP contribution in [0.1, 0.15) is 47.4 Å². The highest BCUT2D eigenvalue weighted by molar-refractivity contribution is 6.06. The summed E-state index contributed by atoms with van der Waals surface area (Å²) in [6.45, 7) is 5.49. The van der Waals surface area contributed by atoms with E-state index in [1.165, 1.54) is 7.11 Å². The van der Waals surface area contributed by atoms with Gasteiger partial charge in [0.15, 0.2) is 0 Å². The minimum Gasteiger partial charge on any atom is -0.495 e. The van der Waals surface area contributed by atoms with Crippen molar-refractivity contribution in [2.45, 2.75) is 26.7 Å². The number of nitrogens with two attached hydrogens (primary N) is 1. The molecule has 0 spiro atoms. The Morgan fingerprint density at radius 2 is 1.68 bits per heavy atom. The maximum Gasteiger partial charge on any atom is 0.255 e. The number of nitrogens with one attached hydrogen (secondary N) is 1. The lowest BCUT2D eigenvalue weighted by molar-refractivity contribution is 0.0755. The van der Waals surface area contributed by atoms with Crippen LogP contribution in [0.15, 0.2) is 42.5 Å². The molecular weight excluding hydrogens is 378 g/mol. The van der Waals surface area contributed by atoms with Gasteiger partial charge in [0.2, 0.25) is 0 Å². The Bertz CT molecular complexity index is 805. The molecule has 28 heavy (non-hydrogen) atoms. The molecule has 0 saturated carbocycles. The Labute approximate surface area is 172 Å². The zero-order chi connectivity index (χ0) is 19.8. The van der Waals surface area contributed by atoms with Crippen molar-refractivity contribution >= 4 is 35.6 Å². The number of hydrogen-bond acceptors (Lipinski definition) is 4. The number of anilines is 2. The van der Waals surface area contributed by atoms with E-state index in [4.69, 9.17) is 10.5 Å². The first-order valence-corrected chi connectivity index (χ1v) is 9.14. The number of rotatable bonds is 8. The van der Waals surface area contributed by atoms with Gasteiger partial charge in [-0.3, -0.25) is 9.59 Å². The Balaban J connectivity index is 0.00000392. The summed E-state index contributed by atoms with van der Waals surface area (Å²) in [5.41, 5.74) is 7.81. The molecule has 0 aliphatic heterocycles. The van der Waals surface area contributed by atoms with Crippen LogP contribution in [0, 0.1) is 0 Å². The second kappa shape index (κ2) is 11.2. The van der Waals surface area contributed by atoms with Crippen LogP contribution in [0.2, 0.25) is 0 Å². The minimum absolute atomic E-state index is 0. The first-order valence-electron chi connectivity index (χ1n) is 9.14. The van der Waals surface area contributed by atoms with Crippen molar-refractivity contribution in [3.05, 3.63) is 53.6 Å². The van der Waals surface area contributed by atoms with E-state index in [0.717, 1.165) is 12.8 Å².